The van der Waals surface area contributed by atoms with Gasteiger partial charge in [-0.15, -0.1) is 0 Å². The Labute approximate surface area is 110 Å². The Kier molecular flexibility index (Phi) is 2.98. The molecule has 0 aliphatic carbocycles. The maximum Gasteiger partial charge on any atom is 0.167 e. The highest BCUT2D eigenvalue weighted by Gasteiger charge is 2.08. The lowest BCUT2D eigenvalue weighted by atomic mass is 10.0. The Bertz CT molecular complexity index is 726. The number of fused-ring (bicyclic) bond motifs is 1. The normalized spacial score (nSPS) is 10.5. The average molecular weight is 249 g/mol. The van der Waals surface area contributed by atoms with Crippen molar-refractivity contribution >= 4 is 16.8 Å². The summed E-state index contributed by atoms with van der Waals surface area (Å²) in [6, 6.07) is 9.11. The van der Waals surface area contributed by atoms with Gasteiger partial charge in [0.2, 0.25) is 0 Å². The Morgan fingerprint density at radius 1 is 1.00 bits per heavy atom. The quantitative estimate of drug-likeness (QED) is 0.669. The van der Waals surface area contributed by atoms with E-state index in [9.17, 15) is 4.79 Å². The van der Waals surface area contributed by atoms with Crippen LogP contribution < -0.4 is 0 Å². The van der Waals surface area contributed by atoms with E-state index in [0.29, 0.717) is 12.0 Å². The monoisotopic (exact) mass is 249 g/mol. The molecule has 0 amide bonds. The summed E-state index contributed by atoms with van der Waals surface area (Å²) >= 11 is 0. The van der Waals surface area contributed by atoms with Crippen molar-refractivity contribution in [3.05, 3.63) is 66.2 Å². The van der Waals surface area contributed by atoms with Crippen molar-refractivity contribution in [1.29, 1.82) is 0 Å². The minimum absolute atomic E-state index is 0.0561. The van der Waals surface area contributed by atoms with Crippen LogP contribution >= 0.6 is 0 Å². The summed E-state index contributed by atoms with van der Waals surface area (Å²) < 4.78 is 0. The van der Waals surface area contributed by atoms with Crippen LogP contribution in [0.15, 0.2) is 55.1 Å². The Morgan fingerprint density at radius 2 is 1.84 bits per heavy atom. The van der Waals surface area contributed by atoms with Gasteiger partial charge in [0.05, 0.1) is 11.0 Å². The van der Waals surface area contributed by atoms with Crippen LogP contribution in [0.1, 0.15) is 15.9 Å². The van der Waals surface area contributed by atoms with Crippen molar-refractivity contribution in [1.82, 2.24) is 15.0 Å². The fraction of sp³-hybridized carbons (Fsp3) is 0.0667. The number of hydrogen-bond acceptors (Lipinski definition) is 4. The first-order valence-corrected chi connectivity index (χ1v) is 5.96. The molecule has 0 bridgehead atoms. The fourth-order valence-electron chi connectivity index (χ4n) is 1.93. The van der Waals surface area contributed by atoms with E-state index in [2.05, 4.69) is 15.0 Å². The number of ketones is 1. The lowest BCUT2D eigenvalue weighted by molar-refractivity contribution is 0.0993. The molecule has 1 aromatic carbocycles. The molecule has 92 valence electrons. The highest BCUT2D eigenvalue weighted by atomic mass is 16.1. The topological polar surface area (TPSA) is 55.7 Å². The van der Waals surface area contributed by atoms with Crippen LogP contribution in [0.25, 0.3) is 11.0 Å². The van der Waals surface area contributed by atoms with Gasteiger partial charge < -0.3 is 0 Å². The number of Topliss-reactive ketones (excluding diaryl/α,β-unsaturated/α-hetero) is 1. The second-order valence-corrected chi connectivity index (χ2v) is 4.22. The fourth-order valence-corrected chi connectivity index (χ4v) is 1.93. The van der Waals surface area contributed by atoms with Crippen LogP contribution in [0.4, 0.5) is 0 Å². The third kappa shape index (κ3) is 2.47. The number of aromatic nitrogens is 3. The Morgan fingerprint density at radius 3 is 2.63 bits per heavy atom. The van der Waals surface area contributed by atoms with Crippen molar-refractivity contribution < 1.29 is 4.79 Å². The van der Waals surface area contributed by atoms with Gasteiger partial charge in [0.1, 0.15) is 0 Å². The van der Waals surface area contributed by atoms with E-state index in [0.717, 1.165) is 16.6 Å². The molecule has 3 rings (SSSR count). The van der Waals surface area contributed by atoms with Crippen LogP contribution in [0.2, 0.25) is 0 Å². The molecule has 0 aliphatic rings. The second kappa shape index (κ2) is 4.94. The summed E-state index contributed by atoms with van der Waals surface area (Å²) in [4.78, 5) is 24.6. The van der Waals surface area contributed by atoms with E-state index in [4.69, 9.17) is 0 Å². The third-order valence-corrected chi connectivity index (χ3v) is 2.88. The van der Waals surface area contributed by atoms with Crippen molar-refractivity contribution in [2.75, 3.05) is 0 Å². The zero-order chi connectivity index (χ0) is 13.1. The number of rotatable bonds is 3. The molecule has 2 heterocycles. The van der Waals surface area contributed by atoms with Gasteiger partial charge in [-0.1, -0.05) is 6.07 Å². The van der Waals surface area contributed by atoms with E-state index < -0.39 is 0 Å². The number of hydrogen-bond donors (Lipinski definition) is 0. The van der Waals surface area contributed by atoms with Gasteiger partial charge in [-0.3, -0.25) is 19.7 Å². The van der Waals surface area contributed by atoms with Crippen LogP contribution in [0.3, 0.4) is 0 Å². The summed E-state index contributed by atoms with van der Waals surface area (Å²) in [5, 5.41) is 0. The minimum atomic E-state index is 0.0561. The molecule has 19 heavy (non-hydrogen) atoms. The van der Waals surface area contributed by atoms with E-state index in [1.54, 1.807) is 36.9 Å². The molecular formula is C15H11N3O. The zero-order valence-electron chi connectivity index (χ0n) is 10.2. The minimum Gasteiger partial charge on any atom is -0.294 e. The van der Waals surface area contributed by atoms with Gasteiger partial charge in [0.25, 0.3) is 0 Å². The average Bonchev–Trinajstić information content (AvgIpc) is 2.48. The van der Waals surface area contributed by atoms with Gasteiger partial charge in [-0.2, -0.15) is 0 Å². The van der Waals surface area contributed by atoms with Crippen molar-refractivity contribution in [3.8, 4) is 0 Å². The molecule has 0 fully saturated rings. The Balaban J connectivity index is 1.89. The van der Waals surface area contributed by atoms with Gasteiger partial charge in [0.15, 0.2) is 5.78 Å². The molecule has 4 heteroatoms. The first-order valence-electron chi connectivity index (χ1n) is 5.96. The van der Waals surface area contributed by atoms with E-state index in [1.165, 1.54) is 0 Å². The summed E-state index contributed by atoms with van der Waals surface area (Å²) in [5.74, 6) is 0.0561. The van der Waals surface area contributed by atoms with Crippen molar-refractivity contribution in [2.24, 2.45) is 0 Å². The summed E-state index contributed by atoms with van der Waals surface area (Å²) in [6.45, 7) is 0. The molecule has 0 saturated carbocycles. The first-order chi connectivity index (χ1) is 9.33. The number of nitrogens with zero attached hydrogens (tertiary/aromatic N) is 3. The SMILES string of the molecule is O=C(Cc1cccnc1)c1ccc2nccnc2c1. The second-order valence-electron chi connectivity index (χ2n) is 4.22. The molecule has 3 aromatic rings. The smallest absolute Gasteiger partial charge is 0.167 e. The predicted octanol–water partition coefficient (Wildman–Crippen LogP) is 2.45. The molecule has 4 nitrogen and oxygen atoms in total. The molecule has 0 radical (unpaired) electrons. The zero-order valence-corrected chi connectivity index (χ0v) is 10.2. The number of benzene rings is 1. The molecule has 0 unspecified atom stereocenters. The maximum atomic E-state index is 12.2. The van der Waals surface area contributed by atoms with Crippen LogP contribution in [0, 0.1) is 0 Å². The number of carbonyl (C=O) groups excluding carboxylic acids is 1. The molecule has 0 N–H and O–H groups in total. The summed E-state index contributed by atoms with van der Waals surface area (Å²) in [7, 11) is 0. The standard InChI is InChI=1S/C15H11N3O/c19-15(8-11-2-1-5-16-10-11)12-3-4-13-14(9-12)18-7-6-17-13/h1-7,9-10H,8H2. The molecule has 0 spiro atoms. The lowest BCUT2D eigenvalue weighted by Crippen LogP contribution is -2.04. The summed E-state index contributed by atoms with van der Waals surface area (Å²) in [6.07, 6.45) is 7.01. The highest BCUT2D eigenvalue weighted by molar-refractivity contribution is 5.99. The van der Waals surface area contributed by atoms with Crippen LogP contribution in [0.5, 0.6) is 0 Å². The van der Waals surface area contributed by atoms with Gasteiger partial charge >= 0.3 is 0 Å². The van der Waals surface area contributed by atoms with Crippen LogP contribution in [-0.4, -0.2) is 20.7 Å². The van der Waals surface area contributed by atoms with Crippen LogP contribution in [-0.2, 0) is 6.42 Å². The largest absolute Gasteiger partial charge is 0.294 e. The first kappa shape index (κ1) is 11.5. The van der Waals surface area contributed by atoms with Gasteiger partial charge in [0, 0.05) is 36.8 Å². The Hall–Kier alpha value is -2.62. The predicted molar refractivity (Wildman–Crippen MR) is 71.8 cm³/mol. The van der Waals surface area contributed by atoms with Gasteiger partial charge in [-0.05, 0) is 29.8 Å². The molecule has 0 saturated heterocycles. The van der Waals surface area contributed by atoms with Crippen molar-refractivity contribution in [2.45, 2.75) is 6.42 Å². The number of pyridine rings is 1. The van der Waals surface area contributed by atoms with E-state index >= 15 is 0 Å². The molecule has 0 aliphatic heterocycles. The van der Waals surface area contributed by atoms with Gasteiger partial charge in [-0.25, -0.2) is 0 Å². The van der Waals surface area contributed by atoms with Crippen molar-refractivity contribution in [3.63, 3.8) is 0 Å². The molecular weight excluding hydrogens is 238 g/mol. The third-order valence-electron chi connectivity index (χ3n) is 2.88. The summed E-state index contributed by atoms with van der Waals surface area (Å²) in [5.41, 5.74) is 3.09. The van der Waals surface area contributed by atoms with E-state index in [1.807, 2.05) is 18.2 Å². The molecule has 0 atom stereocenters. The van der Waals surface area contributed by atoms with E-state index in [-0.39, 0.29) is 5.78 Å². The highest BCUT2D eigenvalue weighted by Crippen LogP contribution is 2.13. The maximum absolute atomic E-state index is 12.2. The number of carbonyl (C=O) groups is 1. The molecule has 2 aromatic heterocycles. The lowest BCUT2D eigenvalue weighted by Gasteiger charge is -2.02.